The molecule has 1 aromatic rings. The van der Waals surface area contributed by atoms with Crippen LogP contribution in [-0.4, -0.2) is 24.7 Å². The van der Waals surface area contributed by atoms with Crippen LogP contribution in [-0.2, 0) is 13.6 Å². The van der Waals surface area contributed by atoms with Gasteiger partial charge in [-0.2, -0.15) is 0 Å². The summed E-state index contributed by atoms with van der Waals surface area (Å²) < 4.78 is 23.3. The van der Waals surface area contributed by atoms with Crippen LogP contribution in [0.1, 0.15) is 33.3 Å². The summed E-state index contributed by atoms with van der Waals surface area (Å²) in [5, 5.41) is 0. The average Bonchev–Trinajstić information content (AvgIpc) is 2.27. The van der Waals surface area contributed by atoms with Crippen molar-refractivity contribution in [3.05, 3.63) is 35.9 Å². The predicted molar refractivity (Wildman–Crippen MR) is 79.0 cm³/mol. The van der Waals surface area contributed by atoms with Crippen molar-refractivity contribution in [2.24, 2.45) is 4.99 Å². The third kappa shape index (κ3) is 6.67. The number of rotatable bonds is 7. The molecular formula is C14H22NO3P. The molecule has 0 aliphatic carbocycles. The van der Waals surface area contributed by atoms with Gasteiger partial charge in [-0.3, -0.25) is 9.56 Å². The zero-order chi connectivity index (χ0) is 14.3. The fourth-order valence-corrected chi connectivity index (χ4v) is 3.27. The molecule has 106 valence electrons. The van der Waals surface area contributed by atoms with Gasteiger partial charge in [0.1, 0.15) is 6.29 Å². The Morgan fingerprint density at radius 1 is 1.11 bits per heavy atom. The van der Waals surface area contributed by atoms with Gasteiger partial charge in [-0.05, 0) is 33.3 Å². The number of hydrogen-bond acceptors (Lipinski definition) is 4. The molecule has 1 rings (SSSR count). The van der Waals surface area contributed by atoms with Crippen LogP contribution < -0.4 is 0 Å². The lowest BCUT2D eigenvalue weighted by molar-refractivity contribution is 0.143. The molecule has 0 unspecified atom stereocenters. The van der Waals surface area contributed by atoms with Crippen LogP contribution in [0.15, 0.2) is 35.3 Å². The van der Waals surface area contributed by atoms with E-state index < -0.39 is 7.60 Å². The molecule has 5 heteroatoms. The van der Waals surface area contributed by atoms with Crippen molar-refractivity contribution in [3.63, 3.8) is 0 Å². The maximum atomic E-state index is 12.5. The molecule has 0 saturated heterocycles. The van der Waals surface area contributed by atoms with Crippen LogP contribution in [0.3, 0.4) is 0 Å². The lowest BCUT2D eigenvalue weighted by atomic mass is 10.2. The van der Waals surface area contributed by atoms with Crippen LogP contribution in [0.25, 0.3) is 0 Å². The van der Waals surface area contributed by atoms with Gasteiger partial charge in [0.05, 0.1) is 12.2 Å². The smallest absolute Gasteiger partial charge is 0.305 e. The molecule has 0 aliphatic rings. The summed E-state index contributed by atoms with van der Waals surface area (Å²) in [6.07, 6.45) is 1.41. The average molecular weight is 283 g/mol. The molecule has 0 spiro atoms. The Morgan fingerprint density at radius 3 is 2.11 bits per heavy atom. The molecule has 0 radical (unpaired) electrons. The van der Waals surface area contributed by atoms with E-state index in [2.05, 4.69) is 4.99 Å². The van der Waals surface area contributed by atoms with Crippen molar-refractivity contribution in [3.8, 4) is 0 Å². The minimum absolute atomic E-state index is 0.0399. The monoisotopic (exact) mass is 283 g/mol. The molecular weight excluding hydrogens is 261 g/mol. The quantitative estimate of drug-likeness (QED) is 0.559. The lowest BCUT2D eigenvalue weighted by Crippen LogP contribution is -2.09. The Morgan fingerprint density at radius 2 is 1.63 bits per heavy atom. The maximum Gasteiger partial charge on any atom is 0.352 e. The standard InChI is InChI=1S/C14H22NO3P/c1-12(2)17-19(16,18-13(3)4)11-15-10-14-8-6-5-7-9-14/h5-10,12-13H,11H2,1-4H3/b15-10+. The maximum absolute atomic E-state index is 12.5. The van der Waals surface area contributed by atoms with Crippen molar-refractivity contribution in [1.29, 1.82) is 0 Å². The van der Waals surface area contributed by atoms with Crippen molar-refractivity contribution in [2.45, 2.75) is 39.9 Å². The molecule has 0 fully saturated rings. The van der Waals surface area contributed by atoms with E-state index in [-0.39, 0.29) is 18.5 Å². The second-order valence-corrected chi connectivity index (χ2v) is 6.71. The summed E-state index contributed by atoms with van der Waals surface area (Å²) in [6, 6.07) is 9.65. The largest absolute Gasteiger partial charge is 0.352 e. The topological polar surface area (TPSA) is 47.9 Å². The van der Waals surface area contributed by atoms with Gasteiger partial charge in [0.25, 0.3) is 0 Å². The highest BCUT2D eigenvalue weighted by Crippen LogP contribution is 2.50. The van der Waals surface area contributed by atoms with E-state index in [0.717, 1.165) is 5.56 Å². The SMILES string of the molecule is CC(C)OP(=O)(C/N=C/c1ccccc1)OC(C)C. The van der Waals surface area contributed by atoms with Gasteiger partial charge in [-0.15, -0.1) is 0 Å². The summed E-state index contributed by atoms with van der Waals surface area (Å²) in [5.74, 6) is 0. The molecule has 0 bridgehead atoms. The molecule has 19 heavy (non-hydrogen) atoms. The lowest BCUT2D eigenvalue weighted by Gasteiger charge is -2.21. The van der Waals surface area contributed by atoms with E-state index in [1.165, 1.54) is 0 Å². The van der Waals surface area contributed by atoms with Crippen molar-refractivity contribution < 1.29 is 13.6 Å². The molecule has 0 amide bonds. The fourth-order valence-electron chi connectivity index (χ4n) is 1.52. The van der Waals surface area contributed by atoms with Gasteiger partial charge in [-0.25, -0.2) is 0 Å². The minimum atomic E-state index is -3.17. The first-order valence-corrected chi connectivity index (χ1v) is 8.15. The van der Waals surface area contributed by atoms with E-state index in [0.29, 0.717) is 0 Å². The number of nitrogens with zero attached hydrogens (tertiary/aromatic N) is 1. The zero-order valence-corrected chi connectivity index (χ0v) is 12.8. The van der Waals surface area contributed by atoms with E-state index in [1.54, 1.807) is 6.21 Å². The van der Waals surface area contributed by atoms with Gasteiger partial charge < -0.3 is 9.05 Å². The van der Waals surface area contributed by atoms with Gasteiger partial charge in [0.2, 0.25) is 0 Å². The Kier molecular flexibility index (Phi) is 6.43. The second kappa shape index (κ2) is 7.59. The van der Waals surface area contributed by atoms with Gasteiger partial charge in [-0.1, -0.05) is 30.3 Å². The highest BCUT2D eigenvalue weighted by molar-refractivity contribution is 7.53. The minimum Gasteiger partial charge on any atom is -0.305 e. The number of hydrogen-bond donors (Lipinski definition) is 0. The first-order valence-electron chi connectivity index (χ1n) is 6.42. The summed E-state index contributed by atoms with van der Waals surface area (Å²) in [4.78, 5) is 4.18. The highest BCUT2D eigenvalue weighted by atomic mass is 31.2. The van der Waals surface area contributed by atoms with E-state index in [4.69, 9.17) is 9.05 Å². The van der Waals surface area contributed by atoms with Crippen LogP contribution >= 0.6 is 7.60 Å². The van der Waals surface area contributed by atoms with Crippen LogP contribution in [0.2, 0.25) is 0 Å². The Balaban J connectivity index is 2.68. The fraction of sp³-hybridized carbons (Fsp3) is 0.500. The van der Waals surface area contributed by atoms with Gasteiger partial charge >= 0.3 is 7.60 Å². The van der Waals surface area contributed by atoms with Crippen molar-refractivity contribution >= 4 is 13.8 Å². The Bertz CT molecular complexity index is 429. The summed E-state index contributed by atoms with van der Waals surface area (Å²) >= 11 is 0. The number of aliphatic imine (C=N–C) groups is 1. The highest BCUT2D eigenvalue weighted by Gasteiger charge is 2.26. The normalized spacial score (nSPS) is 12.7. The third-order valence-corrected chi connectivity index (χ3v) is 4.03. The van der Waals surface area contributed by atoms with Gasteiger partial charge in [0.15, 0.2) is 0 Å². The number of benzene rings is 1. The van der Waals surface area contributed by atoms with E-state index in [1.807, 2.05) is 58.0 Å². The molecule has 0 aliphatic heterocycles. The Labute approximate surface area is 115 Å². The first-order chi connectivity index (χ1) is 8.91. The molecule has 1 aromatic carbocycles. The molecule has 0 saturated carbocycles. The second-order valence-electron chi connectivity index (χ2n) is 4.78. The zero-order valence-electron chi connectivity index (χ0n) is 11.9. The molecule has 0 atom stereocenters. The first kappa shape index (κ1) is 16.1. The van der Waals surface area contributed by atoms with Crippen LogP contribution in [0.4, 0.5) is 0 Å². The van der Waals surface area contributed by atoms with Crippen LogP contribution in [0, 0.1) is 0 Å². The predicted octanol–water partition coefficient (Wildman–Crippen LogP) is 4.11. The molecule has 0 aromatic heterocycles. The Hall–Kier alpha value is -0.960. The van der Waals surface area contributed by atoms with Gasteiger partial charge in [0, 0.05) is 6.21 Å². The molecule has 0 N–H and O–H groups in total. The summed E-state index contributed by atoms with van der Waals surface area (Å²) in [5.41, 5.74) is 0.961. The molecule has 0 heterocycles. The third-order valence-electron chi connectivity index (χ3n) is 2.04. The summed E-state index contributed by atoms with van der Waals surface area (Å²) in [7, 11) is -3.17. The van der Waals surface area contributed by atoms with Crippen LogP contribution in [0.5, 0.6) is 0 Å². The van der Waals surface area contributed by atoms with Crippen molar-refractivity contribution in [1.82, 2.24) is 0 Å². The van der Waals surface area contributed by atoms with E-state index in [9.17, 15) is 4.57 Å². The molecule has 4 nitrogen and oxygen atoms in total. The van der Waals surface area contributed by atoms with Crippen molar-refractivity contribution in [2.75, 3.05) is 6.29 Å². The van der Waals surface area contributed by atoms with E-state index >= 15 is 0 Å². The summed E-state index contributed by atoms with van der Waals surface area (Å²) in [6.45, 7) is 7.32.